The highest BCUT2D eigenvalue weighted by atomic mass is 31.2. The number of ether oxygens (including phenoxy) is 1. The largest absolute Gasteiger partial charge is 0.480 e. The van der Waals surface area contributed by atoms with Crippen molar-refractivity contribution in [3.8, 4) is 0 Å². The molecule has 0 rings (SSSR count). The summed E-state index contributed by atoms with van der Waals surface area (Å²) in [4.78, 5) is 45.9. The van der Waals surface area contributed by atoms with E-state index in [1.807, 2.05) is 0 Å². The van der Waals surface area contributed by atoms with Crippen LogP contribution in [-0.2, 0) is 32.7 Å². The Morgan fingerprint density at radius 3 is 1.39 bits per heavy atom. The maximum atomic E-state index is 12.3. The van der Waals surface area contributed by atoms with Crippen molar-refractivity contribution >= 4 is 25.7 Å². The van der Waals surface area contributed by atoms with Crippen LogP contribution in [0.3, 0.4) is 0 Å². The first-order valence-corrected chi connectivity index (χ1v) is 24.7. The second kappa shape index (κ2) is 41.0. The lowest BCUT2D eigenvalue weighted by Crippen LogP contribution is -2.43. The van der Waals surface area contributed by atoms with Gasteiger partial charge in [0.05, 0.1) is 13.2 Å². The molecule has 0 fully saturated rings. The van der Waals surface area contributed by atoms with Crippen LogP contribution in [0.5, 0.6) is 0 Å². The lowest BCUT2D eigenvalue weighted by atomic mass is 10.0. The highest BCUT2D eigenvalue weighted by molar-refractivity contribution is 7.47. The number of nitrogens with one attached hydrogen (secondary N) is 1. The molecule has 0 aliphatic heterocycles. The molecule has 0 aliphatic carbocycles. The quantitative estimate of drug-likeness (QED) is 0.0201. The molecule has 3 atom stereocenters. The summed E-state index contributed by atoms with van der Waals surface area (Å²) in [5.74, 6) is -2.37. The van der Waals surface area contributed by atoms with Crippen LogP contribution < -0.4 is 5.32 Å². The minimum Gasteiger partial charge on any atom is -0.480 e. The summed E-state index contributed by atoms with van der Waals surface area (Å²) in [5, 5.41) is 21.8. The second-order valence-electron chi connectivity index (χ2n) is 15.9. The molecule has 0 aromatic heterocycles. The Morgan fingerprint density at radius 2 is 0.930 bits per heavy atom. The van der Waals surface area contributed by atoms with Gasteiger partial charge >= 0.3 is 19.8 Å². The SMILES string of the molecule is CCCC/C=C\CCCCCCCC(=O)OCC(O)COP(=O)(O)OCC(NC(=O)CCCCCCCCCCCCCCCCCCCCCCCC)C(=O)O. The summed E-state index contributed by atoms with van der Waals surface area (Å²) in [6.45, 7) is 2.57. The zero-order chi connectivity index (χ0) is 42.1. The molecule has 0 saturated carbocycles. The topological polar surface area (TPSA) is 169 Å². The zero-order valence-electron chi connectivity index (χ0n) is 36.4. The number of unbranched alkanes of at least 4 members (excludes halogenated alkanes) is 28. The monoisotopic (exact) mass is 832 g/mol. The van der Waals surface area contributed by atoms with Crippen molar-refractivity contribution in [1.29, 1.82) is 0 Å². The van der Waals surface area contributed by atoms with Crippen LogP contribution in [-0.4, -0.2) is 64.9 Å². The number of carbonyl (C=O) groups excluding carboxylic acids is 2. The van der Waals surface area contributed by atoms with E-state index in [9.17, 15) is 34.1 Å². The van der Waals surface area contributed by atoms with Crippen LogP contribution in [0, 0.1) is 0 Å². The Bertz CT molecular complexity index is 1030. The van der Waals surface area contributed by atoms with E-state index in [-0.39, 0.29) is 12.8 Å². The number of aliphatic hydroxyl groups excluding tert-OH is 1. The van der Waals surface area contributed by atoms with Gasteiger partial charge < -0.3 is 25.2 Å². The fraction of sp³-hybridized carbons (Fsp3) is 0.889. The first kappa shape index (κ1) is 55.2. The Labute approximate surface area is 347 Å². The van der Waals surface area contributed by atoms with Gasteiger partial charge in [0.15, 0.2) is 6.04 Å². The molecular formula is C45H86NO10P. The van der Waals surface area contributed by atoms with E-state index in [1.54, 1.807) is 0 Å². The van der Waals surface area contributed by atoms with Gasteiger partial charge in [0.2, 0.25) is 5.91 Å². The van der Waals surface area contributed by atoms with E-state index in [2.05, 4.69) is 31.3 Å². The second-order valence-corrected chi connectivity index (χ2v) is 17.4. The number of carbonyl (C=O) groups is 3. The van der Waals surface area contributed by atoms with Gasteiger partial charge in [0, 0.05) is 12.8 Å². The molecule has 0 aromatic rings. The lowest BCUT2D eigenvalue weighted by molar-refractivity contribution is -0.147. The van der Waals surface area contributed by atoms with Crippen LogP contribution in [0.15, 0.2) is 12.2 Å². The predicted molar refractivity (Wildman–Crippen MR) is 231 cm³/mol. The molecular weight excluding hydrogens is 745 g/mol. The van der Waals surface area contributed by atoms with Crippen LogP contribution in [0.1, 0.15) is 226 Å². The van der Waals surface area contributed by atoms with Gasteiger partial charge in [-0.25, -0.2) is 9.36 Å². The van der Waals surface area contributed by atoms with E-state index in [0.29, 0.717) is 12.8 Å². The molecule has 0 aliphatic rings. The smallest absolute Gasteiger partial charge is 0.472 e. The number of amides is 1. The van der Waals surface area contributed by atoms with Gasteiger partial charge in [-0.1, -0.05) is 193 Å². The molecule has 11 nitrogen and oxygen atoms in total. The van der Waals surface area contributed by atoms with Gasteiger partial charge in [-0.3, -0.25) is 18.6 Å². The molecule has 4 N–H and O–H groups in total. The Balaban J connectivity index is 3.82. The van der Waals surface area contributed by atoms with Gasteiger partial charge in [-0.15, -0.1) is 0 Å². The summed E-state index contributed by atoms with van der Waals surface area (Å²) in [6, 6.07) is -1.54. The van der Waals surface area contributed by atoms with Gasteiger partial charge in [-0.2, -0.15) is 0 Å². The number of phosphoric acid groups is 1. The van der Waals surface area contributed by atoms with E-state index in [0.717, 1.165) is 57.8 Å². The molecule has 3 unspecified atom stereocenters. The number of carboxylic acid groups (broad SMARTS) is 1. The number of hydrogen-bond acceptors (Lipinski definition) is 8. The average Bonchev–Trinajstić information content (AvgIpc) is 3.18. The molecule has 0 aromatic carbocycles. The number of esters is 1. The number of phosphoric ester groups is 1. The van der Waals surface area contributed by atoms with Crippen molar-refractivity contribution in [1.82, 2.24) is 5.32 Å². The summed E-state index contributed by atoms with van der Waals surface area (Å²) in [5.41, 5.74) is 0. The molecule has 0 heterocycles. The van der Waals surface area contributed by atoms with Gasteiger partial charge in [0.25, 0.3) is 0 Å². The highest BCUT2D eigenvalue weighted by Gasteiger charge is 2.28. The zero-order valence-corrected chi connectivity index (χ0v) is 37.3. The highest BCUT2D eigenvalue weighted by Crippen LogP contribution is 2.43. The molecule has 1 amide bonds. The Hall–Kier alpha value is -1.78. The maximum Gasteiger partial charge on any atom is 0.472 e. The van der Waals surface area contributed by atoms with Crippen molar-refractivity contribution in [3.63, 3.8) is 0 Å². The molecule has 0 bridgehead atoms. The van der Waals surface area contributed by atoms with Crippen molar-refractivity contribution in [2.24, 2.45) is 0 Å². The number of rotatable bonds is 44. The molecule has 0 radical (unpaired) electrons. The lowest BCUT2D eigenvalue weighted by Gasteiger charge is -2.18. The van der Waals surface area contributed by atoms with E-state index in [1.165, 1.54) is 128 Å². The number of aliphatic hydroxyl groups is 1. The minimum absolute atomic E-state index is 0.151. The third kappa shape index (κ3) is 40.8. The van der Waals surface area contributed by atoms with E-state index >= 15 is 0 Å². The van der Waals surface area contributed by atoms with Crippen molar-refractivity contribution in [2.45, 2.75) is 238 Å². The molecule has 0 saturated heterocycles. The van der Waals surface area contributed by atoms with E-state index in [4.69, 9.17) is 13.8 Å². The maximum absolute atomic E-state index is 12.3. The van der Waals surface area contributed by atoms with Gasteiger partial charge in [-0.05, 0) is 32.1 Å². The predicted octanol–water partition coefficient (Wildman–Crippen LogP) is 12.1. The fourth-order valence-corrected chi connectivity index (χ4v) is 7.42. The number of carboxylic acids is 1. The number of aliphatic carboxylic acids is 1. The van der Waals surface area contributed by atoms with Crippen LogP contribution >= 0.6 is 7.82 Å². The average molecular weight is 832 g/mol. The number of hydrogen-bond donors (Lipinski definition) is 4. The Morgan fingerprint density at radius 1 is 0.544 bits per heavy atom. The van der Waals surface area contributed by atoms with Crippen molar-refractivity contribution in [3.05, 3.63) is 12.2 Å². The first-order valence-electron chi connectivity index (χ1n) is 23.2. The first-order chi connectivity index (χ1) is 27.6. The Kier molecular flexibility index (Phi) is 39.7. The summed E-state index contributed by atoms with van der Waals surface area (Å²) in [7, 11) is -4.75. The molecule has 12 heteroatoms. The third-order valence-corrected chi connectivity index (χ3v) is 11.3. The third-order valence-electron chi connectivity index (χ3n) is 10.3. The summed E-state index contributed by atoms with van der Waals surface area (Å²) in [6.07, 6.45) is 41.0. The fourth-order valence-electron chi connectivity index (χ4n) is 6.65. The minimum atomic E-state index is -4.75. The molecule has 57 heavy (non-hydrogen) atoms. The van der Waals surface area contributed by atoms with Crippen molar-refractivity contribution < 1.29 is 47.8 Å². The number of allylic oxidation sites excluding steroid dienone is 2. The van der Waals surface area contributed by atoms with Crippen LogP contribution in [0.4, 0.5) is 0 Å². The molecule has 0 spiro atoms. The molecule has 336 valence electrons. The van der Waals surface area contributed by atoms with Crippen LogP contribution in [0.2, 0.25) is 0 Å². The van der Waals surface area contributed by atoms with Crippen LogP contribution in [0.25, 0.3) is 0 Å². The van der Waals surface area contributed by atoms with Gasteiger partial charge in [0.1, 0.15) is 12.7 Å². The summed E-state index contributed by atoms with van der Waals surface area (Å²) < 4.78 is 26.8. The van der Waals surface area contributed by atoms with Crippen molar-refractivity contribution in [2.75, 3.05) is 19.8 Å². The normalized spacial score (nSPS) is 13.8. The summed E-state index contributed by atoms with van der Waals surface area (Å²) >= 11 is 0. The standard InChI is InChI=1S/C45H86NO10P/c1-3-5-7-9-11-13-15-16-17-18-19-20-21-22-23-24-25-27-28-30-32-34-36-43(48)46-42(45(50)51)40-56-57(52,53)55-39-41(47)38-54-44(49)37-35-33-31-29-26-14-12-10-8-6-4-2/h10,12,41-42,47H,3-9,11,13-40H2,1-2H3,(H,46,48)(H,50,51)(H,52,53)/b12-10-. The van der Waals surface area contributed by atoms with E-state index < -0.39 is 57.6 Å².